The molecule has 12 aliphatic carbocycles. The summed E-state index contributed by atoms with van der Waals surface area (Å²) in [5.74, 6) is 0.248. The number of alkyl halides is 2. The minimum Gasteiger partial charge on any atom is -0.462 e. The molecule has 13 aliphatic rings. The zero-order valence-electron chi connectivity index (χ0n) is 29.3. The van der Waals surface area contributed by atoms with Crippen molar-refractivity contribution < 1.29 is 55.0 Å². The van der Waals surface area contributed by atoms with Crippen LogP contribution in [0.4, 0.5) is 8.78 Å². The smallest absolute Gasteiger partial charge is 0.462 e. The number of rotatable bonds is 10. The van der Waals surface area contributed by atoms with E-state index in [0.29, 0.717) is 50.2 Å². The summed E-state index contributed by atoms with van der Waals surface area (Å²) < 4.78 is 92.4. The molecular formula is C38H52F2O10S. The van der Waals surface area contributed by atoms with Gasteiger partial charge in [-0.1, -0.05) is 0 Å². The van der Waals surface area contributed by atoms with Gasteiger partial charge in [0.25, 0.3) is 0 Å². The predicted molar refractivity (Wildman–Crippen MR) is 174 cm³/mol. The highest BCUT2D eigenvalue weighted by atomic mass is 32.2. The summed E-state index contributed by atoms with van der Waals surface area (Å²) >= 11 is 0. The Balaban J connectivity index is 0.866. The molecule has 1 spiro atoms. The lowest BCUT2D eigenvalue weighted by Gasteiger charge is -2.62. The summed E-state index contributed by atoms with van der Waals surface area (Å²) in [6.07, 6.45) is 15.1. The maximum atomic E-state index is 14.3. The fourth-order valence-corrected chi connectivity index (χ4v) is 15.4. The van der Waals surface area contributed by atoms with Crippen LogP contribution in [0.3, 0.4) is 0 Å². The Morgan fingerprint density at radius 3 is 1.67 bits per heavy atom. The van der Waals surface area contributed by atoms with E-state index in [0.717, 1.165) is 37.0 Å². The van der Waals surface area contributed by atoms with Crippen LogP contribution in [-0.4, -0.2) is 73.6 Å². The monoisotopic (exact) mass is 738 g/mol. The molecule has 1 aliphatic heterocycles. The molecule has 284 valence electrons. The second-order valence-electron chi connectivity index (χ2n) is 19.7. The number of hydrogen-bond acceptors (Lipinski definition) is 9. The molecule has 1 heterocycles. The van der Waals surface area contributed by atoms with Crippen LogP contribution >= 0.6 is 0 Å². The Hall–Kier alpha value is -1.41. The van der Waals surface area contributed by atoms with Crippen molar-refractivity contribution >= 4 is 22.1 Å². The zero-order valence-corrected chi connectivity index (χ0v) is 30.1. The van der Waals surface area contributed by atoms with E-state index in [1.54, 1.807) is 0 Å². The van der Waals surface area contributed by atoms with Crippen LogP contribution in [0.15, 0.2) is 0 Å². The van der Waals surface area contributed by atoms with Crippen LogP contribution in [-0.2, 0) is 43.4 Å². The molecule has 10 nitrogen and oxygen atoms in total. The van der Waals surface area contributed by atoms with Gasteiger partial charge in [0.05, 0.1) is 18.6 Å². The van der Waals surface area contributed by atoms with Crippen molar-refractivity contribution in [2.75, 3.05) is 19.8 Å². The van der Waals surface area contributed by atoms with Gasteiger partial charge < -0.3 is 23.7 Å². The van der Waals surface area contributed by atoms with Crippen LogP contribution in [0.25, 0.3) is 0 Å². The second kappa shape index (κ2) is 11.3. The summed E-state index contributed by atoms with van der Waals surface area (Å²) in [5.41, 5.74) is -1.48. The zero-order chi connectivity index (χ0) is 35.2. The van der Waals surface area contributed by atoms with Gasteiger partial charge in [0.15, 0.2) is 5.79 Å². The fourth-order valence-electron chi connectivity index (χ4n) is 15.2. The lowest BCUT2D eigenvalue weighted by molar-refractivity contribution is -0.326. The molecule has 1 saturated heterocycles. The Morgan fingerprint density at radius 2 is 1.16 bits per heavy atom. The first-order chi connectivity index (χ1) is 24.1. The maximum Gasteiger partial charge on any atom is 0.465 e. The van der Waals surface area contributed by atoms with Gasteiger partial charge in [-0.05, 0) is 156 Å². The molecule has 0 aromatic carbocycles. The summed E-state index contributed by atoms with van der Waals surface area (Å²) in [4.78, 5) is 26.4. The first-order valence-corrected chi connectivity index (χ1v) is 21.3. The van der Waals surface area contributed by atoms with E-state index in [2.05, 4.69) is 0 Å². The molecule has 0 aromatic heterocycles. The van der Waals surface area contributed by atoms with Gasteiger partial charge in [-0.3, -0.25) is 9.35 Å². The predicted octanol–water partition coefficient (Wildman–Crippen LogP) is 6.06. The van der Waals surface area contributed by atoms with Crippen LogP contribution in [0, 0.1) is 64.1 Å². The number of hydrogen-bond donors (Lipinski definition) is 1. The highest BCUT2D eigenvalue weighted by Crippen LogP contribution is 2.66. The Bertz CT molecular complexity index is 1490. The molecule has 0 aromatic rings. The topological polar surface area (TPSA) is 135 Å². The van der Waals surface area contributed by atoms with Gasteiger partial charge in [-0.25, -0.2) is 4.79 Å². The first-order valence-electron chi connectivity index (χ1n) is 19.8. The minimum atomic E-state index is -5.99. The highest BCUT2D eigenvalue weighted by molar-refractivity contribution is 7.87. The molecule has 4 unspecified atom stereocenters. The van der Waals surface area contributed by atoms with Crippen molar-refractivity contribution in [3.8, 4) is 0 Å². The fraction of sp³-hybridized carbons (Fsp3) is 0.947. The summed E-state index contributed by atoms with van der Waals surface area (Å²) in [5, 5.41) is -5.06. The van der Waals surface area contributed by atoms with Crippen molar-refractivity contribution in [3.63, 3.8) is 0 Å². The molecule has 0 amide bonds. The molecule has 12 bridgehead atoms. The van der Waals surface area contributed by atoms with Gasteiger partial charge in [-0.2, -0.15) is 17.2 Å². The van der Waals surface area contributed by atoms with Gasteiger partial charge in [0, 0.05) is 11.8 Å². The van der Waals surface area contributed by atoms with Crippen molar-refractivity contribution in [2.45, 2.75) is 138 Å². The summed E-state index contributed by atoms with van der Waals surface area (Å²) in [6, 6.07) is 0. The summed E-state index contributed by atoms with van der Waals surface area (Å²) in [6.45, 7) is 1.03. The third-order valence-corrected chi connectivity index (χ3v) is 16.7. The lowest BCUT2D eigenvalue weighted by atomic mass is 9.49. The van der Waals surface area contributed by atoms with Crippen molar-refractivity contribution in [2.24, 2.45) is 64.1 Å². The van der Waals surface area contributed by atoms with Crippen molar-refractivity contribution in [1.82, 2.24) is 0 Å². The maximum absolute atomic E-state index is 14.3. The number of carbonyl (C=O) groups is 2. The van der Waals surface area contributed by atoms with E-state index in [1.807, 2.05) is 0 Å². The molecule has 51 heavy (non-hydrogen) atoms. The van der Waals surface area contributed by atoms with E-state index in [1.165, 1.54) is 57.8 Å². The minimum absolute atomic E-state index is 0.0529. The van der Waals surface area contributed by atoms with Crippen LogP contribution in [0.5, 0.6) is 0 Å². The van der Waals surface area contributed by atoms with Crippen LogP contribution in [0.2, 0.25) is 0 Å². The van der Waals surface area contributed by atoms with Crippen LogP contribution < -0.4 is 0 Å². The third-order valence-electron chi connectivity index (χ3n) is 15.9. The van der Waals surface area contributed by atoms with Crippen LogP contribution in [0.1, 0.15) is 109 Å². The average molecular weight is 739 g/mol. The van der Waals surface area contributed by atoms with E-state index < -0.39 is 50.4 Å². The molecule has 4 atom stereocenters. The molecular weight excluding hydrogens is 686 g/mol. The molecule has 1 N–H and O–H groups in total. The van der Waals surface area contributed by atoms with Gasteiger partial charge in [0.1, 0.15) is 24.4 Å². The summed E-state index contributed by atoms with van der Waals surface area (Å²) in [7, 11) is -5.99. The molecule has 13 fully saturated rings. The van der Waals surface area contributed by atoms with E-state index in [-0.39, 0.29) is 48.6 Å². The SMILES string of the molecule is O=C(OCC1OC2(OC1COCC13CC4CC(CC(C4)C1)C3)C1CC3CC2CC(OC(=O)C(F)(F)S(=O)(=O)O)(C3)C1)C12CC3CC(CC(C3)C1)C2. The van der Waals surface area contributed by atoms with E-state index >= 15 is 0 Å². The average Bonchev–Trinajstić information content (AvgIpc) is 3.39. The highest BCUT2D eigenvalue weighted by Gasteiger charge is 2.70. The first kappa shape index (κ1) is 34.1. The number of halogens is 2. The largest absolute Gasteiger partial charge is 0.465 e. The Morgan fingerprint density at radius 1 is 0.686 bits per heavy atom. The van der Waals surface area contributed by atoms with Crippen molar-refractivity contribution in [3.05, 3.63) is 0 Å². The molecule has 12 saturated carbocycles. The Labute approximate surface area is 298 Å². The molecule has 13 heteroatoms. The standard InChI is InChI=1S/C38H52F2O10S/c39-38(40,51(43,44)45)33(42)50-36-15-27-7-28(16-36)37(29(8-27)17-36)48-30(18-46-20-34-9-21-1-22(10-34)3-23(2-21)11-34)31(49-37)19-47-32(41)35-12-24-4-25(13-35)6-26(5-24)14-35/h21-31H,1-20H2,(H,43,44,45). The third kappa shape index (κ3) is 5.41. The van der Waals surface area contributed by atoms with E-state index in [4.69, 9.17) is 28.2 Å². The van der Waals surface area contributed by atoms with Gasteiger partial charge in [-0.15, -0.1) is 0 Å². The van der Waals surface area contributed by atoms with Crippen molar-refractivity contribution in [1.29, 1.82) is 0 Å². The van der Waals surface area contributed by atoms with Gasteiger partial charge >= 0.3 is 27.3 Å². The Kier molecular flexibility index (Phi) is 7.57. The second-order valence-corrected chi connectivity index (χ2v) is 21.1. The number of carbonyl (C=O) groups excluding carboxylic acids is 2. The lowest BCUT2D eigenvalue weighted by Crippen LogP contribution is -2.66. The molecule has 13 rings (SSSR count). The number of esters is 2. The molecule has 0 radical (unpaired) electrons. The normalized spacial score (nSPS) is 51.5. The van der Waals surface area contributed by atoms with Gasteiger partial charge in [0.2, 0.25) is 0 Å². The number of ether oxygens (including phenoxy) is 5. The van der Waals surface area contributed by atoms with E-state index in [9.17, 15) is 26.8 Å². The quantitative estimate of drug-likeness (QED) is 0.208.